The average Bonchev–Trinajstić information content (AvgIpc) is 2.29. The quantitative estimate of drug-likeness (QED) is 0.689. The van der Waals surface area contributed by atoms with Gasteiger partial charge in [0, 0.05) is 12.8 Å². The number of allylic oxidation sites excluding steroid dienone is 1. The molecule has 2 rings (SSSR count). The topological polar surface area (TPSA) is 0 Å². The van der Waals surface area contributed by atoms with Crippen LogP contribution in [0.2, 0.25) is 0 Å². The summed E-state index contributed by atoms with van der Waals surface area (Å²) in [6.07, 6.45) is 1.12. The molecule has 1 aliphatic carbocycles. The van der Waals surface area contributed by atoms with Crippen molar-refractivity contribution < 1.29 is 8.78 Å². The molecule has 0 saturated heterocycles. The van der Waals surface area contributed by atoms with Gasteiger partial charge in [0.1, 0.15) is 0 Å². The third-order valence-corrected chi connectivity index (χ3v) is 3.35. The van der Waals surface area contributed by atoms with Gasteiger partial charge in [0.15, 0.2) is 0 Å². The van der Waals surface area contributed by atoms with Crippen LogP contribution in [0, 0.1) is 5.92 Å². The van der Waals surface area contributed by atoms with Gasteiger partial charge in [-0.25, -0.2) is 8.78 Å². The molecule has 0 unspecified atom stereocenters. The van der Waals surface area contributed by atoms with E-state index in [4.69, 9.17) is 0 Å². The highest BCUT2D eigenvalue weighted by molar-refractivity contribution is 5.65. The summed E-state index contributed by atoms with van der Waals surface area (Å²) in [5, 5.41) is 0. The molecule has 1 fully saturated rings. The summed E-state index contributed by atoms with van der Waals surface area (Å²) in [7, 11) is 0. The van der Waals surface area contributed by atoms with E-state index in [0.717, 1.165) is 11.1 Å². The maximum Gasteiger partial charge on any atom is 0.248 e. The van der Waals surface area contributed by atoms with Crippen LogP contribution in [0.5, 0.6) is 0 Å². The van der Waals surface area contributed by atoms with Gasteiger partial charge in [-0.1, -0.05) is 36.9 Å². The number of hydrogen-bond donors (Lipinski definition) is 0. The number of halogens is 2. The molecule has 0 atom stereocenters. The first-order chi connectivity index (χ1) is 7.58. The highest BCUT2D eigenvalue weighted by Gasteiger charge is 2.35. The molecule has 16 heavy (non-hydrogen) atoms. The van der Waals surface area contributed by atoms with Crippen molar-refractivity contribution in [2.75, 3.05) is 0 Å². The van der Waals surface area contributed by atoms with Crippen molar-refractivity contribution in [1.29, 1.82) is 0 Å². The third-order valence-electron chi connectivity index (χ3n) is 3.35. The van der Waals surface area contributed by atoms with E-state index in [0.29, 0.717) is 12.8 Å². The molecule has 1 saturated carbocycles. The molecule has 0 bridgehead atoms. The molecular formula is C14H16F2. The van der Waals surface area contributed by atoms with Gasteiger partial charge in [0.2, 0.25) is 5.92 Å². The van der Waals surface area contributed by atoms with E-state index in [1.807, 2.05) is 30.3 Å². The van der Waals surface area contributed by atoms with Gasteiger partial charge in [-0.05, 0) is 29.9 Å². The molecule has 2 heteroatoms. The minimum Gasteiger partial charge on any atom is -0.207 e. The second kappa shape index (κ2) is 4.36. The van der Waals surface area contributed by atoms with Crippen LogP contribution in [0.15, 0.2) is 36.9 Å². The molecule has 0 N–H and O–H groups in total. The van der Waals surface area contributed by atoms with Gasteiger partial charge >= 0.3 is 0 Å². The second-order valence-corrected chi connectivity index (χ2v) is 4.52. The van der Waals surface area contributed by atoms with Crippen molar-refractivity contribution in [3.63, 3.8) is 0 Å². The standard InChI is InChI=1S/C14H16F2/c1-11(12-5-3-2-4-6-12)13-7-9-14(15,16)10-8-13/h2-6,13H,1,7-10H2. The molecule has 0 spiro atoms. The largest absolute Gasteiger partial charge is 0.248 e. The molecule has 0 aliphatic heterocycles. The lowest BCUT2D eigenvalue weighted by atomic mass is 9.80. The van der Waals surface area contributed by atoms with Gasteiger partial charge in [-0.3, -0.25) is 0 Å². The van der Waals surface area contributed by atoms with Crippen molar-refractivity contribution in [3.8, 4) is 0 Å². The molecule has 1 aromatic carbocycles. The molecule has 86 valence electrons. The lowest BCUT2D eigenvalue weighted by Crippen LogP contribution is -2.24. The highest BCUT2D eigenvalue weighted by atomic mass is 19.3. The maximum absolute atomic E-state index is 13.0. The van der Waals surface area contributed by atoms with E-state index in [1.54, 1.807) is 0 Å². The normalized spacial score (nSPS) is 20.6. The van der Waals surface area contributed by atoms with Crippen molar-refractivity contribution in [1.82, 2.24) is 0 Å². The van der Waals surface area contributed by atoms with Crippen LogP contribution in [0.3, 0.4) is 0 Å². The fraction of sp³-hybridized carbons (Fsp3) is 0.429. The Labute approximate surface area is 95.0 Å². The first kappa shape index (κ1) is 11.3. The van der Waals surface area contributed by atoms with Crippen LogP contribution in [0.1, 0.15) is 31.2 Å². The number of alkyl halides is 2. The number of hydrogen-bond acceptors (Lipinski definition) is 0. The molecule has 0 heterocycles. The molecular weight excluding hydrogens is 206 g/mol. The van der Waals surface area contributed by atoms with Gasteiger partial charge in [0.25, 0.3) is 0 Å². The van der Waals surface area contributed by atoms with Crippen molar-refractivity contribution in [2.24, 2.45) is 5.92 Å². The number of rotatable bonds is 2. The van der Waals surface area contributed by atoms with Crippen molar-refractivity contribution in [3.05, 3.63) is 42.5 Å². The SMILES string of the molecule is C=C(c1ccccc1)C1CCC(F)(F)CC1. The predicted octanol–water partition coefficient (Wildman–Crippen LogP) is 4.53. The van der Waals surface area contributed by atoms with Gasteiger partial charge < -0.3 is 0 Å². The van der Waals surface area contributed by atoms with Gasteiger partial charge in [-0.2, -0.15) is 0 Å². The Morgan fingerprint density at radius 1 is 1.12 bits per heavy atom. The van der Waals surface area contributed by atoms with E-state index < -0.39 is 5.92 Å². The number of benzene rings is 1. The molecule has 0 nitrogen and oxygen atoms in total. The predicted molar refractivity (Wildman–Crippen MR) is 62.4 cm³/mol. The zero-order chi connectivity index (χ0) is 11.6. The second-order valence-electron chi connectivity index (χ2n) is 4.52. The summed E-state index contributed by atoms with van der Waals surface area (Å²) in [5.74, 6) is -2.23. The smallest absolute Gasteiger partial charge is 0.207 e. The molecule has 1 aromatic rings. The summed E-state index contributed by atoms with van der Waals surface area (Å²) >= 11 is 0. The Morgan fingerprint density at radius 2 is 1.69 bits per heavy atom. The van der Waals surface area contributed by atoms with Crippen LogP contribution in [0.25, 0.3) is 5.57 Å². The van der Waals surface area contributed by atoms with E-state index in [9.17, 15) is 8.78 Å². The first-order valence-electron chi connectivity index (χ1n) is 5.70. The summed E-state index contributed by atoms with van der Waals surface area (Å²) < 4.78 is 26.0. The van der Waals surface area contributed by atoms with E-state index in [1.165, 1.54) is 0 Å². The Morgan fingerprint density at radius 3 is 2.25 bits per heavy atom. The summed E-state index contributed by atoms with van der Waals surface area (Å²) in [4.78, 5) is 0. The monoisotopic (exact) mass is 222 g/mol. The maximum atomic E-state index is 13.0. The molecule has 0 amide bonds. The van der Waals surface area contributed by atoms with Crippen LogP contribution < -0.4 is 0 Å². The third kappa shape index (κ3) is 2.49. The summed E-state index contributed by atoms with van der Waals surface area (Å²) in [5.41, 5.74) is 2.09. The summed E-state index contributed by atoms with van der Waals surface area (Å²) in [6.45, 7) is 4.05. The summed E-state index contributed by atoms with van der Waals surface area (Å²) in [6, 6.07) is 9.85. The lowest BCUT2D eigenvalue weighted by molar-refractivity contribution is -0.0401. The molecule has 0 aromatic heterocycles. The van der Waals surface area contributed by atoms with Crippen molar-refractivity contribution in [2.45, 2.75) is 31.6 Å². The highest BCUT2D eigenvalue weighted by Crippen LogP contribution is 2.41. The Bertz CT molecular complexity index is 358. The lowest BCUT2D eigenvalue weighted by Gasteiger charge is -2.29. The zero-order valence-electron chi connectivity index (χ0n) is 9.26. The Hall–Kier alpha value is -1.18. The fourth-order valence-corrected chi connectivity index (χ4v) is 2.28. The zero-order valence-corrected chi connectivity index (χ0v) is 9.26. The van der Waals surface area contributed by atoms with Crippen LogP contribution >= 0.6 is 0 Å². The van der Waals surface area contributed by atoms with Gasteiger partial charge in [-0.15, -0.1) is 0 Å². The average molecular weight is 222 g/mol. The Kier molecular flexibility index (Phi) is 3.08. The van der Waals surface area contributed by atoms with Crippen LogP contribution in [-0.4, -0.2) is 5.92 Å². The van der Waals surface area contributed by atoms with E-state index in [-0.39, 0.29) is 18.8 Å². The van der Waals surface area contributed by atoms with Crippen LogP contribution in [0.4, 0.5) is 8.78 Å². The molecule has 1 aliphatic rings. The van der Waals surface area contributed by atoms with E-state index in [2.05, 4.69) is 6.58 Å². The van der Waals surface area contributed by atoms with Gasteiger partial charge in [0.05, 0.1) is 0 Å². The van der Waals surface area contributed by atoms with Crippen LogP contribution in [-0.2, 0) is 0 Å². The molecule has 0 radical (unpaired) electrons. The first-order valence-corrected chi connectivity index (χ1v) is 5.70. The fourth-order valence-electron chi connectivity index (χ4n) is 2.28. The Balaban J connectivity index is 2.03. The minimum absolute atomic E-state index is 0.00349. The minimum atomic E-state index is -2.45. The van der Waals surface area contributed by atoms with E-state index >= 15 is 0 Å². The van der Waals surface area contributed by atoms with Crippen molar-refractivity contribution >= 4 is 5.57 Å².